The van der Waals surface area contributed by atoms with Crippen LogP contribution in [0.1, 0.15) is 24.0 Å². The topological polar surface area (TPSA) is 118 Å². The fraction of sp³-hybridized carbons (Fsp3) is 0.320. The molecule has 0 spiro atoms. The number of rotatable bonds is 10. The van der Waals surface area contributed by atoms with E-state index < -0.39 is 5.97 Å². The Morgan fingerprint density at radius 3 is 2.83 bits per heavy atom. The van der Waals surface area contributed by atoms with Crippen molar-refractivity contribution < 1.29 is 14.6 Å². The molecule has 1 aliphatic carbocycles. The van der Waals surface area contributed by atoms with Crippen LogP contribution in [-0.4, -0.2) is 67.7 Å². The van der Waals surface area contributed by atoms with Crippen LogP contribution in [0.25, 0.3) is 16.9 Å². The Hall–Kier alpha value is -4.05. The van der Waals surface area contributed by atoms with Gasteiger partial charge in [-0.15, -0.1) is 5.10 Å². The van der Waals surface area contributed by atoms with Crippen LogP contribution >= 0.6 is 0 Å². The highest BCUT2D eigenvalue weighted by atomic mass is 16.5. The van der Waals surface area contributed by atoms with E-state index in [2.05, 4.69) is 43.8 Å². The first-order valence-corrected chi connectivity index (χ1v) is 11.7. The van der Waals surface area contributed by atoms with E-state index in [0.29, 0.717) is 30.3 Å². The third-order valence-electron chi connectivity index (χ3n) is 5.99. The quantitative estimate of drug-likeness (QED) is 0.335. The number of likely N-dealkylation sites (N-methyl/N-ethyl adjacent to an activating group) is 1. The molecule has 2 aromatic carbocycles. The van der Waals surface area contributed by atoms with Gasteiger partial charge in [0.2, 0.25) is 5.95 Å². The highest BCUT2D eigenvalue weighted by Gasteiger charge is 2.15. The Kier molecular flexibility index (Phi) is 6.53. The van der Waals surface area contributed by atoms with Crippen molar-refractivity contribution in [1.29, 1.82) is 0 Å². The fourth-order valence-electron chi connectivity index (χ4n) is 4.25. The lowest BCUT2D eigenvalue weighted by Gasteiger charge is -2.14. The van der Waals surface area contributed by atoms with Gasteiger partial charge in [-0.1, -0.05) is 11.3 Å². The molecular weight excluding hydrogens is 446 g/mol. The number of carboxylic acid groups (broad SMARTS) is 1. The zero-order chi connectivity index (χ0) is 24.2. The van der Waals surface area contributed by atoms with Crippen LogP contribution in [0.4, 0.5) is 11.6 Å². The third kappa shape index (κ3) is 5.38. The number of nitrogens with one attached hydrogen (secondary N) is 1. The van der Waals surface area contributed by atoms with Gasteiger partial charge >= 0.3 is 5.97 Å². The molecule has 0 saturated heterocycles. The number of hydrogen-bond acceptors (Lipinski definition) is 8. The Labute approximate surface area is 202 Å². The Balaban J connectivity index is 1.22. The van der Waals surface area contributed by atoms with Gasteiger partial charge in [-0.05, 0) is 80.3 Å². The third-order valence-corrected chi connectivity index (χ3v) is 5.99. The van der Waals surface area contributed by atoms with Gasteiger partial charge in [0.05, 0.1) is 25.0 Å². The summed E-state index contributed by atoms with van der Waals surface area (Å²) in [6.45, 7) is 1.19. The monoisotopic (exact) mass is 473 g/mol. The number of carbonyl (C=O) groups is 1. The normalized spacial score (nSPS) is 12.7. The molecule has 35 heavy (non-hydrogen) atoms. The second kappa shape index (κ2) is 10.1. The van der Waals surface area contributed by atoms with E-state index in [4.69, 9.17) is 9.84 Å². The SMILES string of the molecule is CN(CCCOc1ccc(Nc2ncc3nnn(-c4ccc5c(c4)CCC5)c3n2)cc1)CC(=O)O. The lowest BCUT2D eigenvalue weighted by atomic mass is 10.1. The largest absolute Gasteiger partial charge is 0.494 e. The van der Waals surface area contributed by atoms with E-state index in [0.717, 1.165) is 36.4 Å². The number of nitrogens with zero attached hydrogens (tertiary/aromatic N) is 6. The number of aromatic nitrogens is 5. The summed E-state index contributed by atoms with van der Waals surface area (Å²) < 4.78 is 7.51. The van der Waals surface area contributed by atoms with Crippen molar-refractivity contribution in [2.45, 2.75) is 25.7 Å². The lowest BCUT2D eigenvalue weighted by molar-refractivity contribution is -0.138. The molecule has 4 aromatic rings. The van der Waals surface area contributed by atoms with Crippen molar-refractivity contribution in [2.24, 2.45) is 0 Å². The minimum absolute atomic E-state index is 0.0262. The highest BCUT2D eigenvalue weighted by molar-refractivity contribution is 5.73. The van der Waals surface area contributed by atoms with Crippen LogP contribution < -0.4 is 10.1 Å². The molecule has 0 fully saturated rings. The number of aliphatic carboxylic acids is 1. The number of aryl methyl sites for hydroxylation is 2. The van der Waals surface area contributed by atoms with Crippen molar-refractivity contribution in [1.82, 2.24) is 29.9 Å². The van der Waals surface area contributed by atoms with Gasteiger partial charge in [0.15, 0.2) is 11.2 Å². The molecule has 180 valence electrons. The molecule has 0 aliphatic heterocycles. The molecule has 5 rings (SSSR count). The smallest absolute Gasteiger partial charge is 0.317 e. The van der Waals surface area contributed by atoms with E-state index in [1.54, 1.807) is 22.8 Å². The molecule has 2 aromatic heterocycles. The number of hydrogen-bond donors (Lipinski definition) is 2. The second-order valence-corrected chi connectivity index (χ2v) is 8.69. The number of fused-ring (bicyclic) bond motifs is 2. The molecule has 1 aliphatic rings. The number of ether oxygens (including phenoxy) is 1. The Morgan fingerprint density at radius 2 is 2.00 bits per heavy atom. The van der Waals surface area contributed by atoms with Crippen molar-refractivity contribution in [3.05, 3.63) is 59.8 Å². The first-order chi connectivity index (χ1) is 17.0. The fourth-order valence-corrected chi connectivity index (χ4v) is 4.25. The van der Waals surface area contributed by atoms with Gasteiger partial charge in [-0.2, -0.15) is 9.67 Å². The standard InChI is InChI=1S/C25H27N7O3/c1-31(16-23(33)34)12-3-13-35-21-10-7-19(8-11-21)27-25-26-15-22-24(28-25)32(30-29-22)20-9-6-17-4-2-5-18(17)14-20/h6-11,14-15H,2-5,12-13,16H2,1H3,(H,33,34)(H,26,27,28). The van der Waals surface area contributed by atoms with Crippen LogP contribution in [0.3, 0.4) is 0 Å². The number of carboxylic acids is 1. The molecule has 0 saturated carbocycles. The average molecular weight is 474 g/mol. The van der Waals surface area contributed by atoms with Crippen LogP contribution in [0.15, 0.2) is 48.7 Å². The molecule has 0 amide bonds. The van der Waals surface area contributed by atoms with E-state index >= 15 is 0 Å². The number of anilines is 2. The molecule has 10 heteroatoms. The maximum absolute atomic E-state index is 10.7. The Bertz CT molecular complexity index is 1340. The van der Waals surface area contributed by atoms with Crippen LogP contribution in [-0.2, 0) is 17.6 Å². The van der Waals surface area contributed by atoms with Crippen molar-refractivity contribution in [3.63, 3.8) is 0 Å². The zero-order valence-electron chi connectivity index (χ0n) is 19.5. The maximum Gasteiger partial charge on any atom is 0.317 e. The summed E-state index contributed by atoms with van der Waals surface area (Å²) in [5, 5.41) is 20.5. The van der Waals surface area contributed by atoms with Gasteiger partial charge in [-0.25, -0.2) is 4.98 Å². The van der Waals surface area contributed by atoms with E-state index in [9.17, 15) is 4.79 Å². The summed E-state index contributed by atoms with van der Waals surface area (Å²) >= 11 is 0. The second-order valence-electron chi connectivity index (χ2n) is 8.69. The predicted octanol–water partition coefficient (Wildman–Crippen LogP) is 3.23. The summed E-state index contributed by atoms with van der Waals surface area (Å²) in [5.74, 6) is 0.368. The van der Waals surface area contributed by atoms with Crippen LogP contribution in [0.5, 0.6) is 5.75 Å². The lowest BCUT2D eigenvalue weighted by Crippen LogP contribution is -2.27. The van der Waals surface area contributed by atoms with Gasteiger partial charge in [0.1, 0.15) is 5.75 Å². The summed E-state index contributed by atoms with van der Waals surface area (Å²) in [7, 11) is 1.78. The number of benzene rings is 2. The van der Waals surface area contributed by atoms with E-state index in [1.165, 1.54) is 17.5 Å². The summed E-state index contributed by atoms with van der Waals surface area (Å²) in [6, 6.07) is 14.0. The summed E-state index contributed by atoms with van der Waals surface area (Å²) in [6.07, 6.45) is 5.84. The molecular formula is C25H27N7O3. The molecule has 10 nitrogen and oxygen atoms in total. The first kappa shape index (κ1) is 22.7. The van der Waals surface area contributed by atoms with Crippen LogP contribution in [0.2, 0.25) is 0 Å². The maximum atomic E-state index is 10.7. The molecule has 0 radical (unpaired) electrons. The molecule has 2 N–H and O–H groups in total. The minimum Gasteiger partial charge on any atom is -0.494 e. The Morgan fingerprint density at radius 1 is 1.17 bits per heavy atom. The van der Waals surface area contributed by atoms with E-state index in [-0.39, 0.29) is 6.54 Å². The van der Waals surface area contributed by atoms with Gasteiger partial charge in [0, 0.05) is 12.2 Å². The van der Waals surface area contributed by atoms with Gasteiger partial charge < -0.3 is 15.2 Å². The van der Waals surface area contributed by atoms with Gasteiger partial charge in [-0.3, -0.25) is 9.69 Å². The van der Waals surface area contributed by atoms with Gasteiger partial charge in [0.25, 0.3) is 0 Å². The molecule has 0 atom stereocenters. The molecule has 2 heterocycles. The summed E-state index contributed by atoms with van der Waals surface area (Å²) in [5.41, 5.74) is 5.84. The molecule has 0 unspecified atom stereocenters. The highest BCUT2D eigenvalue weighted by Crippen LogP contribution is 2.26. The van der Waals surface area contributed by atoms with Crippen molar-refractivity contribution in [3.8, 4) is 11.4 Å². The predicted molar refractivity (Wildman–Crippen MR) is 131 cm³/mol. The van der Waals surface area contributed by atoms with Crippen molar-refractivity contribution >= 4 is 28.8 Å². The van der Waals surface area contributed by atoms with Crippen LogP contribution in [0, 0.1) is 0 Å². The van der Waals surface area contributed by atoms with Crippen molar-refractivity contribution in [2.75, 3.05) is 32.1 Å². The summed E-state index contributed by atoms with van der Waals surface area (Å²) in [4.78, 5) is 21.5. The average Bonchev–Trinajstić information content (AvgIpc) is 3.48. The zero-order valence-corrected chi connectivity index (χ0v) is 19.5. The van der Waals surface area contributed by atoms with E-state index in [1.807, 2.05) is 24.3 Å². The first-order valence-electron chi connectivity index (χ1n) is 11.7. The minimum atomic E-state index is -0.830. The molecule has 0 bridgehead atoms.